The molecule has 0 saturated carbocycles. The summed E-state index contributed by atoms with van der Waals surface area (Å²) < 4.78 is 25.8. The lowest BCUT2D eigenvalue weighted by Gasteiger charge is -2.17. The van der Waals surface area contributed by atoms with Crippen molar-refractivity contribution in [2.75, 3.05) is 6.61 Å². The van der Waals surface area contributed by atoms with Gasteiger partial charge >= 0.3 is 5.97 Å². The van der Waals surface area contributed by atoms with Crippen LogP contribution in [0.3, 0.4) is 0 Å². The normalized spacial score (nSPS) is 14.1. The number of carbonyl (C=O) groups is 1. The van der Waals surface area contributed by atoms with Crippen LogP contribution in [0.25, 0.3) is 0 Å². The van der Waals surface area contributed by atoms with Crippen molar-refractivity contribution in [1.29, 1.82) is 0 Å². The van der Waals surface area contributed by atoms with Crippen molar-refractivity contribution in [2.24, 2.45) is 5.73 Å². The van der Waals surface area contributed by atoms with Crippen LogP contribution in [0.15, 0.2) is 24.3 Å². The van der Waals surface area contributed by atoms with Gasteiger partial charge in [-0.25, -0.2) is 8.42 Å². The Balaban J connectivity index is 2.77. The molecule has 1 aromatic carbocycles. The fraction of sp³-hybridized carbons (Fsp3) is 0.417. The SMILES string of the molecule is CCOC(=O)[C@@H](N)[C@H](O)c1ccc(C[SH](=O)=O)cc1. The average Bonchev–Trinajstić information content (AvgIpc) is 2.37. The molecule has 0 aliphatic carbocycles. The first-order chi connectivity index (χ1) is 8.95. The maximum absolute atomic E-state index is 11.4. The maximum atomic E-state index is 11.4. The Hall–Kier alpha value is -1.44. The topological polar surface area (TPSA) is 107 Å². The van der Waals surface area contributed by atoms with Crippen molar-refractivity contribution >= 4 is 16.7 Å². The number of hydrogen-bond acceptors (Lipinski definition) is 6. The summed E-state index contributed by atoms with van der Waals surface area (Å²) in [5, 5.41) is 9.91. The van der Waals surface area contributed by atoms with Gasteiger partial charge in [-0.2, -0.15) is 0 Å². The van der Waals surface area contributed by atoms with E-state index < -0.39 is 28.8 Å². The molecule has 1 rings (SSSR count). The van der Waals surface area contributed by atoms with Crippen molar-refractivity contribution in [3.63, 3.8) is 0 Å². The number of benzene rings is 1. The van der Waals surface area contributed by atoms with Gasteiger partial charge in [-0.1, -0.05) is 24.3 Å². The third-order valence-electron chi connectivity index (χ3n) is 2.53. The number of rotatable bonds is 6. The number of ether oxygens (including phenoxy) is 1. The zero-order valence-electron chi connectivity index (χ0n) is 10.5. The molecule has 0 bridgehead atoms. The van der Waals surface area contributed by atoms with Gasteiger partial charge in [0.2, 0.25) is 0 Å². The number of aliphatic hydroxyl groups is 1. The maximum Gasteiger partial charge on any atom is 0.325 e. The number of thiol groups is 1. The number of esters is 1. The van der Waals surface area contributed by atoms with E-state index in [4.69, 9.17) is 10.5 Å². The van der Waals surface area contributed by atoms with Gasteiger partial charge in [0.1, 0.15) is 22.8 Å². The molecule has 106 valence electrons. The summed E-state index contributed by atoms with van der Waals surface area (Å²) in [6.45, 7) is 1.84. The fourth-order valence-corrected chi connectivity index (χ4v) is 2.05. The minimum absolute atomic E-state index is 0.0599. The van der Waals surface area contributed by atoms with Gasteiger partial charge in [0, 0.05) is 0 Å². The predicted molar refractivity (Wildman–Crippen MR) is 70.0 cm³/mol. The predicted octanol–water partition coefficient (Wildman–Crippen LogP) is -0.278. The molecule has 2 atom stereocenters. The summed E-state index contributed by atoms with van der Waals surface area (Å²) >= 11 is 0. The molecule has 19 heavy (non-hydrogen) atoms. The Morgan fingerprint density at radius 2 is 1.95 bits per heavy atom. The molecular formula is C12H17NO5S. The van der Waals surface area contributed by atoms with Crippen LogP contribution in [0.2, 0.25) is 0 Å². The Kier molecular flexibility index (Phi) is 5.94. The second-order valence-electron chi connectivity index (χ2n) is 3.96. The summed E-state index contributed by atoms with van der Waals surface area (Å²) in [4.78, 5) is 11.4. The second kappa shape index (κ2) is 7.22. The molecule has 0 radical (unpaired) electrons. The van der Waals surface area contributed by atoms with Crippen LogP contribution < -0.4 is 5.73 Å². The summed E-state index contributed by atoms with van der Waals surface area (Å²) in [5.74, 6) is -0.739. The van der Waals surface area contributed by atoms with E-state index in [2.05, 4.69) is 0 Å². The molecule has 0 unspecified atom stereocenters. The monoisotopic (exact) mass is 287 g/mol. The molecule has 0 heterocycles. The van der Waals surface area contributed by atoms with Gasteiger partial charge in [-0.15, -0.1) is 0 Å². The molecule has 0 saturated heterocycles. The van der Waals surface area contributed by atoms with Crippen LogP contribution in [0.5, 0.6) is 0 Å². The summed E-state index contributed by atoms with van der Waals surface area (Å²) in [7, 11) is -2.49. The van der Waals surface area contributed by atoms with Gasteiger partial charge in [-0.05, 0) is 18.1 Å². The van der Waals surface area contributed by atoms with Crippen LogP contribution in [0.4, 0.5) is 0 Å². The minimum atomic E-state index is -2.49. The molecule has 0 fully saturated rings. The first-order valence-electron chi connectivity index (χ1n) is 5.76. The highest BCUT2D eigenvalue weighted by molar-refractivity contribution is 7.71. The molecule has 6 nitrogen and oxygen atoms in total. The van der Waals surface area contributed by atoms with Crippen LogP contribution in [-0.4, -0.2) is 32.1 Å². The quantitative estimate of drug-likeness (QED) is 0.491. The van der Waals surface area contributed by atoms with Gasteiger partial charge < -0.3 is 15.6 Å². The number of carbonyl (C=O) groups excluding carboxylic acids is 1. The van der Waals surface area contributed by atoms with E-state index in [0.29, 0.717) is 11.1 Å². The molecule has 0 amide bonds. The average molecular weight is 287 g/mol. The summed E-state index contributed by atoms with van der Waals surface area (Å²) in [6.07, 6.45) is -1.19. The third-order valence-corrected chi connectivity index (χ3v) is 3.16. The van der Waals surface area contributed by atoms with Crippen molar-refractivity contribution in [2.45, 2.75) is 24.8 Å². The van der Waals surface area contributed by atoms with Gasteiger partial charge in [-0.3, -0.25) is 4.79 Å². The van der Waals surface area contributed by atoms with Crippen LogP contribution in [0, 0.1) is 0 Å². The second-order valence-corrected chi connectivity index (χ2v) is 4.94. The van der Waals surface area contributed by atoms with Gasteiger partial charge in [0.15, 0.2) is 0 Å². The highest BCUT2D eigenvalue weighted by Gasteiger charge is 2.25. The zero-order chi connectivity index (χ0) is 14.4. The van der Waals surface area contributed by atoms with Crippen molar-refractivity contribution < 1.29 is 23.1 Å². The first kappa shape index (κ1) is 15.6. The third kappa shape index (κ3) is 4.62. The lowest BCUT2D eigenvalue weighted by Crippen LogP contribution is -2.38. The first-order valence-corrected chi connectivity index (χ1v) is 7.13. The summed E-state index contributed by atoms with van der Waals surface area (Å²) in [5.41, 5.74) is 6.62. The molecule has 7 heteroatoms. The van der Waals surface area contributed by atoms with Crippen LogP contribution in [-0.2, 0) is 26.0 Å². The van der Waals surface area contributed by atoms with Gasteiger partial charge in [0.25, 0.3) is 0 Å². The van der Waals surface area contributed by atoms with E-state index in [0.717, 1.165) is 0 Å². The van der Waals surface area contributed by atoms with E-state index >= 15 is 0 Å². The van der Waals surface area contributed by atoms with E-state index in [1.807, 2.05) is 0 Å². The number of hydrogen-bond donors (Lipinski definition) is 3. The Morgan fingerprint density at radius 1 is 1.37 bits per heavy atom. The lowest BCUT2D eigenvalue weighted by atomic mass is 10.0. The van der Waals surface area contributed by atoms with E-state index in [9.17, 15) is 18.3 Å². The molecule has 0 spiro atoms. The Labute approximate surface area is 113 Å². The number of aliphatic hydroxyl groups excluding tert-OH is 1. The van der Waals surface area contributed by atoms with Gasteiger partial charge in [0.05, 0.1) is 12.4 Å². The standard InChI is InChI=1S/C12H17NO5S/c1-2-18-12(15)10(13)11(14)9-5-3-8(4-6-9)7-19(16)17/h3-6,10-11,14,19H,2,7,13H2,1H3/t10-,11+/m0/s1. The lowest BCUT2D eigenvalue weighted by molar-refractivity contribution is -0.147. The van der Waals surface area contributed by atoms with E-state index in [1.165, 1.54) is 12.1 Å². The molecule has 1 aromatic rings. The van der Waals surface area contributed by atoms with Crippen molar-refractivity contribution in [3.05, 3.63) is 35.4 Å². The Morgan fingerprint density at radius 3 is 2.42 bits per heavy atom. The van der Waals surface area contributed by atoms with E-state index in [-0.39, 0.29) is 12.4 Å². The van der Waals surface area contributed by atoms with Crippen molar-refractivity contribution in [3.8, 4) is 0 Å². The molecule has 0 aromatic heterocycles. The largest absolute Gasteiger partial charge is 0.465 e. The highest BCUT2D eigenvalue weighted by Crippen LogP contribution is 2.17. The van der Waals surface area contributed by atoms with Crippen LogP contribution in [0.1, 0.15) is 24.2 Å². The fourth-order valence-electron chi connectivity index (χ4n) is 1.54. The van der Waals surface area contributed by atoms with Crippen LogP contribution >= 0.6 is 0 Å². The number of nitrogens with two attached hydrogens (primary N) is 1. The summed E-state index contributed by atoms with van der Waals surface area (Å²) in [6, 6.07) is 5.06. The van der Waals surface area contributed by atoms with E-state index in [1.54, 1.807) is 19.1 Å². The highest BCUT2D eigenvalue weighted by atomic mass is 32.2. The molecule has 3 N–H and O–H groups in total. The molecular weight excluding hydrogens is 270 g/mol. The molecule has 0 aliphatic rings. The Bertz CT molecular complexity index is 489. The molecule has 0 aliphatic heterocycles. The zero-order valence-corrected chi connectivity index (χ0v) is 11.4. The van der Waals surface area contributed by atoms with Crippen molar-refractivity contribution in [1.82, 2.24) is 0 Å². The smallest absolute Gasteiger partial charge is 0.325 e. The minimum Gasteiger partial charge on any atom is -0.465 e.